The highest BCUT2D eigenvalue weighted by Crippen LogP contribution is 2.31. The van der Waals surface area contributed by atoms with Crippen LogP contribution in [0.5, 0.6) is 0 Å². The fourth-order valence-electron chi connectivity index (χ4n) is 1.29. The molecule has 100 valence electrons. The zero-order chi connectivity index (χ0) is 13.9. The van der Waals surface area contributed by atoms with Gasteiger partial charge in [0.15, 0.2) is 0 Å². The molecule has 0 saturated carbocycles. The van der Waals surface area contributed by atoms with Gasteiger partial charge >= 0.3 is 5.97 Å². The Morgan fingerprint density at radius 3 is 2.72 bits per heavy atom. The van der Waals surface area contributed by atoms with Gasteiger partial charge in [0.25, 0.3) is 0 Å². The number of halogens is 2. The molecule has 0 aromatic heterocycles. The maximum atomic E-state index is 13.1. The third kappa shape index (κ3) is 3.96. The summed E-state index contributed by atoms with van der Waals surface area (Å²) in [6, 6.07) is 3.80. The van der Waals surface area contributed by atoms with Crippen LogP contribution in [0.15, 0.2) is 22.7 Å². The number of aliphatic carboxylic acids is 1. The van der Waals surface area contributed by atoms with Crippen molar-refractivity contribution < 1.29 is 14.3 Å². The Morgan fingerprint density at radius 2 is 2.22 bits per heavy atom. The quantitative estimate of drug-likeness (QED) is 0.868. The summed E-state index contributed by atoms with van der Waals surface area (Å²) in [6.07, 6.45) is 0. The normalized spacial score (nSPS) is 13.4. The molecule has 0 radical (unpaired) electrons. The highest BCUT2D eigenvalue weighted by molar-refractivity contribution is 9.10. The molecule has 0 spiro atoms. The first-order valence-corrected chi connectivity index (χ1v) is 7.08. The minimum absolute atomic E-state index is 0.315. The zero-order valence-electron chi connectivity index (χ0n) is 10.1. The molecule has 1 aromatic rings. The molecular formula is C12H15BrFNO2S. The lowest BCUT2D eigenvalue weighted by Gasteiger charge is -2.28. The minimum atomic E-state index is -1.02. The molecule has 0 aliphatic heterocycles. The van der Waals surface area contributed by atoms with Gasteiger partial charge in [0.2, 0.25) is 0 Å². The van der Waals surface area contributed by atoms with Gasteiger partial charge in [0, 0.05) is 10.5 Å². The predicted molar refractivity (Wildman–Crippen MR) is 75.1 cm³/mol. The van der Waals surface area contributed by atoms with Crippen molar-refractivity contribution in [3.05, 3.63) is 34.1 Å². The Bertz CT molecular complexity index is 454. The molecule has 1 rings (SSSR count). The lowest BCUT2D eigenvalue weighted by atomic mass is 10.1. The number of hydrogen-bond acceptors (Lipinski definition) is 3. The molecule has 0 fully saturated rings. The zero-order valence-corrected chi connectivity index (χ0v) is 12.5. The third-order valence-electron chi connectivity index (χ3n) is 2.61. The first kappa shape index (κ1) is 15.5. The van der Waals surface area contributed by atoms with Gasteiger partial charge in [-0.15, -0.1) is 11.8 Å². The Hall–Kier alpha value is -0.590. The van der Waals surface area contributed by atoms with Gasteiger partial charge < -0.3 is 10.8 Å². The lowest BCUT2D eigenvalue weighted by Crippen LogP contribution is -2.46. The van der Waals surface area contributed by atoms with Crippen LogP contribution in [0, 0.1) is 5.82 Å². The fraction of sp³-hybridized carbons (Fsp3) is 0.417. The molecule has 0 bridgehead atoms. The number of carboxylic acids is 1. The van der Waals surface area contributed by atoms with Gasteiger partial charge in [-0.2, -0.15) is 0 Å². The molecule has 0 unspecified atom stereocenters. The Labute approximate surface area is 118 Å². The van der Waals surface area contributed by atoms with Crippen LogP contribution in [0.4, 0.5) is 4.39 Å². The molecule has 6 heteroatoms. The Kier molecular flexibility index (Phi) is 5.19. The van der Waals surface area contributed by atoms with Gasteiger partial charge in [-0.25, -0.2) is 4.39 Å². The van der Waals surface area contributed by atoms with Crippen molar-refractivity contribution >= 4 is 33.7 Å². The maximum Gasteiger partial charge on any atom is 0.321 e. The number of carboxylic acid groups (broad SMARTS) is 1. The molecule has 0 heterocycles. The van der Waals surface area contributed by atoms with E-state index in [0.29, 0.717) is 10.2 Å². The Balaban J connectivity index is 2.69. The average Bonchev–Trinajstić information content (AvgIpc) is 2.29. The van der Waals surface area contributed by atoms with Gasteiger partial charge in [-0.05, 0) is 47.5 Å². The molecule has 0 aliphatic carbocycles. The number of benzene rings is 1. The van der Waals surface area contributed by atoms with Crippen LogP contribution in [-0.4, -0.2) is 21.9 Å². The maximum absolute atomic E-state index is 13.1. The van der Waals surface area contributed by atoms with Crippen molar-refractivity contribution in [1.29, 1.82) is 0 Å². The van der Waals surface area contributed by atoms with Crippen molar-refractivity contribution in [2.45, 2.75) is 30.4 Å². The lowest BCUT2D eigenvalue weighted by molar-refractivity contribution is -0.139. The van der Waals surface area contributed by atoms with Crippen molar-refractivity contribution in [3.63, 3.8) is 0 Å². The molecule has 3 nitrogen and oxygen atoms in total. The molecule has 0 aliphatic rings. The standard InChI is InChI=1S/C12H15BrFNO2S/c1-12(2,10(15)11(16)17)18-6-7-3-4-9(14)8(13)5-7/h3-5,10H,6,15H2,1-2H3,(H,16,17)/t10-/m1/s1. The summed E-state index contributed by atoms with van der Waals surface area (Å²) in [5.41, 5.74) is 6.54. The average molecular weight is 336 g/mol. The van der Waals surface area contributed by atoms with Crippen molar-refractivity contribution in [2.24, 2.45) is 5.73 Å². The Morgan fingerprint density at radius 1 is 1.61 bits per heavy atom. The fourth-order valence-corrected chi connectivity index (χ4v) is 2.71. The van der Waals surface area contributed by atoms with E-state index in [4.69, 9.17) is 10.8 Å². The predicted octanol–water partition coefficient (Wildman–Crippen LogP) is 3.01. The van der Waals surface area contributed by atoms with E-state index in [2.05, 4.69) is 15.9 Å². The molecule has 18 heavy (non-hydrogen) atoms. The monoisotopic (exact) mass is 335 g/mol. The summed E-state index contributed by atoms with van der Waals surface area (Å²) >= 11 is 4.55. The van der Waals surface area contributed by atoms with Crippen LogP contribution in [-0.2, 0) is 10.5 Å². The second kappa shape index (κ2) is 6.04. The van der Waals surface area contributed by atoms with E-state index in [1.165, 1.54) is 17.8 Å². The van der Waals surface area contributed by atoms with Crippen LogP contribution >= 0.6 is 27.7 Å². The number of hydrogen-bond donors (Lipinski definition) is 2. The number of nitrogens with two attached hydrogens (primary N) is 1. The largest absolute Gasteiger partial charge is 0.480 e. The van der Waals surface area contributed by atoms with E-state index < -0.39 is 16.8 Å². The molecular weight excluding hydrogens is 321 g/mol. The molecule has 1 aromatic carbocycles. The first-order chi connectivity index (χ1) is 8.24. The van der Waals surface area contributed by atoms with Crippen LogP contribution in [0.1, 0.15) is 19.4 Å². The number of thioether (sulfide) groups is 1. The summed E-state index contributed by atoms with van der Waals surface area (Å²) in [6.45, 7) is 3.57. The summed E-state index contributed by atoms with van der Waals surface area (Å²) in [5.74, 6) is -0.759. The van der Waals surface area contributed by atoms with E-state index in [1.54, 1.807) is 26.0 Å². The third-order valence-corrected chi connectivity index (χ3v) is 4.69. The second-order valence-electron chi connectivity index (χ2n) is 4.46. The van der Waals surface area contributed by atoms with Gasteiger partial charge in [0.1, 0.15) is 11.9 Å². The van der Waals surface area contributed by atoms with E-state index in [-0.39, 0.29) is 5.82 Å². The summed E-state index contributed by atoms with van der Waals surface area (Å²) in [5, 5.41) is 8.90. The number of rotatable bonds is 5. The second-order valence-corrected chi connectivity index (χ2v) is 6.94. The first-order valence-electron chi connectivity index (χ1n) is 5.30. The highest BCUT2D eigenvalue weighted by atomic mass is 79.9. The summed E-state index contributed by atoms with van der Waals surface area (Å²) in [4.78, 5) is 10.9. The van der Waals surface area contributed by atoms with Crippen LogP contribution < -0.4 is 5.73 Å². The SMILES string of the molecule is CC(C)(SCc1ccc(F)c(Br)c1)[C@H](N)C(=O)O. The molecule has 1 atom stereocenters. The molecule has 0 amide bonds. The molecule has 0 saturated heterocycles. The van der Waals surface area contributed by atoms with E-state index in [1.807, 2.05) is 0 Å². The van der Waals surface area contributed by atoms with Gasteiger partial charge in [-0.3, -0.25) is 4.79 Å². The highest BCUT2D eigenvalue weighted by Gasteiger charge is 2.32. The van der Waals surface area contributed by atoms with E-state index in [9.17, 15) is 9.18 Å². The van der Waals surface area contributed by atoms with Crippen LogP contribution in [0.25, 0.3) is 0 Å². The van der Waals surface area contributed by atoms with Gasteiger partial charge in [-0.1, -0.05) is 6.07 Å². The van der Waals surface area contributed by atoms with Crippen molar-refractivity contribution in [1.82, 2.24) is 0 Å². The van der Waals surface area contributed by atoms with Gasteiger partial charge in [0.05, 0.1) is 4.47 Å². The number of carbonyl (C=O) groups is 1. The van der Waals surface area contributed by atoms with E-state index >= 15 is 0 Å². The van der Waals surface area contributed by atoms with Crippen molar-refractivity contribution in [3.8, 4) is 0 Å². The minimum Gasteiger partial charge on any atom is -0.480 e. The van der Waals surface area contributed by atoms with E-state index in [0.717, 1.165) is 5.56 Å². The smallest absolute Gasteiger partial charge is 0.321 e. The summed E-state index contributed by atoms with van der Waals surface area (Å²) in [7, 11) is 0. The topological polar surface area (TPSA) is 63.3 Å². The van der Waals surface area contributed by atoms with Crippen LogP contribution in [0.3, 0.4) is 0 Å². The summed E-state index contributed by atoms with van der Waals surface area (Å²) < 4.78 is 12.9. The molecule has 3 N–H and O–H groups in total. The van der Waals surface area contributed by atoms with Crippen molar-refractivity contribution in [2.75, 3.05) is 0 Å². The van der Waals surface area contributed by atoms with Crippen LogP contribution in [0.2, 0.25) is 0 Å².